The van der Waals surface area contributed by atoms with Gasteiger partial charge in [-0.15, -0.1) is 0 Å². The molecule has 8 heteroatoms. The molecule has 2 aliphatic heterocycles. The number of hydrogen-bond donors (Lipinski definition) is 1. The zero-order chi connectivity index (χ0) is 21.3. The Morgan fingerprint density at radius 3 is 2.73 bits per heavy atom. The highest BCUT2D eigenvalue weighted by Crippen LogP contribution is 2.36. The molecule has 4 rings (SSSR count). The van der Waals surface area contributed by atoms with Crippen LogP contribution in [0.1, 0.15) is 64.4 Å². The number of H-pyrrole nitrogens is 1. The fourth-order valence-corrected chi connectivity index (χ4v) is 4.73. The molecule has 1 N–H and O–H groups in total. The third-order valence-corrected chi connectivity index (χ3v) is 5.99. The van der Waals surface area contributed by atoms with E-state index in [-0.39, 0.29) is 17.3 Å². The lowest BCUT2D eigenvalue weighted by Crippen LogP contribution is -2.41. The number of aromatic amines is 1. The number of oxime groups is 1. The van der Waals surface area contributed by atoms with Crippen LogP contribution in [0.4, 0.5) is 0 Å². The van der Waals surface area contributed by atoms with E-state index >= 15 is 0 Å². The van der Waals surface area contributed by atoms with Crippen molar-refractivity contribution in [2.24, 2.45) is 5.16 Å². The fraction of sp³-hybridized carbons (Fsp3) is 0.545. The van der Waals surface area contributed by atoms with Crippen molar-refractivity contribution >= 4 is 16.8 Å². The maximum Gasteiger partial charge on any atom is 0.337 e. The Balaban J connectivity index is 1.56. The van der Waals surface area contributed by atoms with Crippen molar-refractivity contribution in [3.05, 3.63) is 44.7 Å². The Morgan fingerprint density at radius 2 is 2.07 bits per heavy atom. The van der Waals surface area contributed by atoms with Crippen LogP contribution in [-0.4, -0.2) is 32.7 Å². The standard InChI is InChI=1S/C22H28N4O4/c1-4-5-6-7-14-10-18(27)29-21-19(14)20(28)23-22(24-21)30-25-15-11-16-8-9-17(12-15)26(16)13(2)3/h10,16-17H,2,4-9,11-12H2,1,3H3,(H,23,24,28). The van der Waals surface area contributed by atoms with E-state index in [1.807, 2.05) is 6.92 Å². The second-order valence-electron chi connectivity index (χ2n) is 8.28. The minimum Gasteiger partial charge on any atom is -0.403 e. The summed E-state index contributed by atoms with van der Waals surface area (Å²) in [5, 5.41) is 4.55. The lowest BCUT2D eigenvalue weighted by Gasteiger charge is -2.37. The van der Waals surface area contributed by atoms with Crippen LogP contribution in [0.25, 0.3) is 11.1 Å². The van der Waals surface area contributed by atoms with Gasteiger partial charge in [0.2, 0.25) is 5.71 Å². The first-order chi connectivity index (χ1) is 14.5. The minimum atomic E-state index is -0.520. The summed E-state index contributed by atoms with van der Waals surface area (Å²) in [4.78, 5) is 39.2. The van der Waals surface area contributed by atoms with Crippen LogP contribution >= 0.6 is 0 Å². The molecule has 2 saturated heterocycles. The molecule has 4 heterocycles. The highest BCUT2D eigenvalue weighted by atomic mass is 16.6. The minimum absolute atomic E-state index is 0.00915. The number of fused-ring (bicyclic) bond motifs is 3. The third kappa shape index (κ3) is 4.04. The van der Waals surface area contributed by atoms with Gasteiger partial charge in [0.15, 0.2) is 0 Å². The van der Waals surface area contributed by atoms with Gasteiger partial charge in [-0.3, -0.25) is 9.78 Å². The predicted octanol–water partition coefficient (Wildman–Crippen LogP) is 3.50. The van der Waals surface area contributed by atoms with Crippen molar-refractivity contribution in [1.29, 1.82) is 0 Å². The van der Waals surface area contributed by atoms with E-state index in [1.54, 1.807) is 0 Å². The summed E-state index contributed by atoms with van der Waals surface area (Å²) < 4.78 is 5.17. The van der Waals surface area contributed by atoms with E-state index in [1.165, 1.54) is 6.07 Å². The largest absolute Gasteiger partial charge is 0.403 e. The van der Waals surface area contributed by atoms with Gasteiger partial charge in [-0.05, 0) is 38.2 Å². The van der Waals surface area contributed by atoms with Crippen LogP contribution in [-0.2, 0) is 6.42 Å². The van der Waals surface area contributed by atoms with Crippen molar-refractivity contribution in [2.45, 2.75) is 77.3 Å². The lowest BCUT2D eigenvalue weighted by molar-refractivity contribution is 0.234. The molecule has 2 fully saturated rings. The zero-order valence-electron chi connectivity index (χ0n) is 17.6. The second-order valence-corrected chi connectivity index (χ2v) is 8.28. The van der Waals surface area contributed by atoms with Crippen LogP contribution in [0.5, 0.6) is 6.01 Å². The first-order valence-electron chi connectivity index (χ1n) is 10.7. The molecule has 0 radical (unpaired) electrons. The van der Waals surface area contributed by atoms with Crippen LogP contribution in [0, 0.1) is 0 Å². The van der Waals surface area contributed by atoms with Gasteiger partial charge >= 0.3 is 11.6 Å². The number of hydrogen-bond acceptors (Lipinski definition) is 7. The zero-order valence-corrected chi connectivity index (χ0v) is 17.6. The van der Waals surface area contributed by atoms with Crippen molar-refractivity contribution < 1.29 is 9.25 Å². The molecule has 2 atom stereocenters. The molecule has 160 valence electrons. The maximum atomic E-state index is 12.6. The van der Waals surface area contributed by atoms with Gasteiger partial charge in [-0.25, -0.2) is 4.79 Å². The van der Waals surface area contributed by atoms with Crippen LogP contribution in [0.15, 0.2) is 37.5 Å². The Morgan fingerprint density at radius 1 is 1.33 bits per heavy atom. The number of piperidine rings is 1. The number of nitrogens with one attached hydrogen (secondary N) is 1. The van der Waals surface area contributed by atoms with Gasteiger partial charge in [-0.1, -0.05) is 31.5 Å². The normalized spacial score (nSPS) is 20.6. The first-order valence-corrected chi connectivity index (χ1v) is 10.7. The molecule has 2 unspecified atom stereocenters. The number of rotatable bonds is 7. The Hall–Kier alpha value is -2.90. The van der Waals surface area contributed by atoms with Crippen LogP contribution in [0.3, 0.4) is 0 Å². The van der Waals surface area contributed by atoms with Crippen molar-refractivity contribution in [3.8, 4) is 6.01 Å². The average molecular weight is 412 g/mol. The SMILES string of the molecule is C=C(C)N1C2CCC1CC(=NOc1nc3oc(=O)cc(CCCCC)c3c(=O)[nH]1)C2. The number of aryl methyl sites for hydroxylation is 1. The molecule has 2 aromatic heterocycles. The van der Waals surface area contributed by atoms with Crippen LogP contribution in [0.2, 0.25) is 0 Å². The van der Waals surface area contributed by atoms with E-state index in [0.29, 0.717) is 29.5 Å². The van der Waals surface area contributed by atoms with Gasteiger partial charge in [0, 0.05) is 36.7 Å². The topological polar surface area (TPSA) is 101 Å². The van der Waals surface area contributed by atoms with E-state index in [9.17, 15) is 9.59 Å². The molecule has 0 spiro atoms. The maximum absolute atomic E-state index is 12.6. The summed E-state index contributed by atoms with van der Waals surface area (Å²) in [7, 11) is 0. The van der Waals surface area contributed by atoms with E-state index < -0.39 is 5.63 Å². The smallest absolute Gasteiger partial charge is 0.337 e. The summed E-state index contributed by atoms with van der Waals surface area (Å²) >= 11 is 0. The summed E-state index contributed by atoms with van der Waals surface area (Å²) in [6.45, 7) is 8.23. The highest BCUT2D eigenvalue weighted by molar-refractivity contribution is 5.86. The van der Waals surface area contributed by atoms with Crippen molar-refractivity contribution in [2.75, 3.05) is 0 Å². The first kappa shape index (κ1) is 20.4. The Bertz CT molecular complexity index is 1080. The molecule has 0 saturated carbocycles. The lowest BCUT2D eigenvalue weighted by atomic mass is 10.0. The van der Waals surface area contributed by atoms with Gasteiger partial charge in [0.25, 0.3) is 5.56 Å². The number of unbranched alkanes of at least 4 members (excludes halogenated alkanes) is 2. The number of nitrogens with zero attached hydrogens (tertiary/aromatic N) is 3. The van der Waals surface area contributed by atoms with E-state index in [0.717, 1.165) is 56.4 Å². The Labute approximate surface area is 174 Å². The third-order valence-electron chi connectivity index (χ3n) is 5.99. The number of allylic oxidation sites excluding steroid dienone is 1. The molecule has 2 aliphatic rings. The predicted molar refractivity (Wildman–Crippen MR) is 115 cm³/mol. The quantitative estimate of drug-likeness (QED) is 0.552. The Kier molecular flexibility index (Phi) is 5.74. The van der Waals surface area contributed by atoms with Gasteiger partial charge in [0.1, 0.15) is 5.39 Å². The molecule has 8 nitrogen and oxygen atoms in total. The van der Waals surface area contributed by atoms with E-state index in [4.69, 9.17) is 9.25 Å². The molecule has 0 aliphatic carbocycles. The summed E-state index contributed by atoms with van der Waals surface area (Å²) in [6.07, 6.45) is 7.45. The number of aromatic nitrogens is 2. The molecule has 0 amide bonds. The molecule has 2 aromatic rings. The molecular formula is C22H28N4O4. The summed E-state index contributed by atoms with van der Waals surface area (Å²) in [5.41, 5.74) is 1.77. The van der Waals surface area contributed by atoms with Gasteiger partial charge < -0.3 is 14.2 Å². The summed E-state index contributed by atoms with van der Waals surface area (Å²) in [6, 6.07) is 2.11. The molecular weight excluding hydrogens is 384 g/mol. The second kappa shape index (κ2) is 8.45. The monoisotopic (exact) mass is 412 g/mol. The van der Waals surface area contributed by atoms with Crippen molar-refractivity contribution in [1.82, 2.24) is 14.9 Å². The average Bonchev–Trinajstić information content (AvgIpc) is 2.97. The molecule has 0 aromatic carbocycles. The highest BCUT2D eigenvalue weighted by Gasteiger charge is 2.39. The molecule has 2 bridgehead atoms. The van der Waals surface area contributed by atoms with Gasteiger partial charge in [0.05, 0.1) is 5.71 Å². The molecule has 30 heavy (non-hydrogen) atoms. The van der Waals surface area contributed by atoms with E-state index in [2.05, 4.69) is 33.5 Å². The van der Waals surface area contributed by atoms with Crippen LogP contribution < -0.4 is 16.0 Å². The van der Waals surface area contributed by atoms with Gasteiger partial charge in [-0.2, -0.15) is 4.98 Å². The fourth-order valence-electron chi connectivity index (χ4n) is 4.73. The van der Waals surface area contributed by atoms with Crippen molar-refractivity contribution in [3.63, 3.8) is 0 Å². The summed E-state index contributed by atoms with van der Waals surface area (Å²) in [5.74, 6) is 0.